The van der Waals surface area contributed by atoms with Crippen LogP contribution in [0.15, 0.2) is 16.6 Å². The molecule has 0 bridgehead atoms. The molecule has 1 aliphatic carbocycles. The molecular weight excluding hydrogens is 312 g/mol. The molecule has 0 aromatic heterocycles. The lowest BCUT2D eigenvalue weighted by molar-refractivity contribution is 0.283. The molecule has 0 saturated heterocycles. The highest BCUT2D eigenvalue weighted by atomic mass is 79.9. The SMILES string of the molecule is CCNC1CCCC(Cc2c(F)ccc(Br)c2F)C1. The summed E-state index contributed by atoms with van der Waals surface area (Å²) in [5.41, 5.74) is 0.233. The molecule has 1 fully saturated rings. The fourth-order valence-corrected chi connectivity index (χ4v) is 3.37. The van der Waals surface area contributed by atoms with Gasteiger partial charge in [0.1, 0.15) is 11.6 Å². The summed E-state index contributed by atoms with van der Waals surface area (Å²) in [5, 5.41) is 3.44. The highest BCUT2D eigenvalue weighted by Crippen LogP contribution is 2.30. The zero-order chi connectivity index (χ0) is 13.8. The zero-order valence-electron chi connectivity index (χ0n) is 11.2. The lowest BCUT2D eigenvalue weighted by Crippen LogP contribution is -2.34. The number of rotatable bonds is 4. The molecule has 0 amide bonds. The molecule has 19 heavy (non-hydrogen) atoms. The second-order valence-electron chi connectivity index (χ2n) is 5.31. The van der Waals surface area contributed by atoms with Crippen molar-refractivity contribution in [3.63, 3.8) is 0 Å². The second kappa shape index (κ2) is 6.80. The molecular formula is C15H20BrF2N. The van der Waals surface area contributed by atoms with Gasteiger partial charge >= 0.3 is 0 Å². The van der Waals surface area contributed by atoms with E-state index in [4.69, 9.17) is 0 Å². The fourth-order valence-electron chi connectivity index (χ4n) is 3.00. The maximum atomic E-state index is 14.0. The van der Waals surface area contributed by atoms with Crippen molar-refractivity contribution in [2.24, 2.45) is 5.92 Å². The summed E-state index contributed by atoms with van der Waals surface area (Å²) in [6.45, 7) is 3.05. The van der Waals surface area contributed by atoms with Crippen molar-refractivity contribution in [3.05, 3.63) is 33.8 Å². The highest BCUT2D eigenvalue weighted by molar-refractivity contribution is 9.10. The molecule has 0 radical (unpaired) electrons. The average Bonchev–Trinajstić information content (AvgIpc) is 2.40. The van der Waals surface area contributed by atoms with Gasteiger partial charge in [0.15, 0.2) is 0 Å². The van der Waals surface area contributed by atoms with Gasteiger partial charge in [0.05, 0.1) is 4.47 Å². The van der Waals surface area contributed by atoms with E-state index in [0.717, 1.165) is 25.8 Å². The summed E-state index contributed by atoms with van der Waals surface area (Å²) in [6, 6.07) is 3.27. The van der Waals surface area contributed by atoms with Crippen molar-refractivity contribution in [2.75, 3.05) is 6.54 Å². The number of halogens is 3. The third-order valence-corrected chi connectivity index (χ3v) is 4.52. The van der Waals surface area contributed by atoms with Gasteiger partial charge in [-0.15, -0.1) is 0 Å². The molecule has 1 N–H and O–H groups in total. The normalized spacial score (nSPS) is 23.6. The predicted octanol–water partition coefficient (Wildman–Crippen LogP) is 4.44. The summed E-state index contributed by atoms with van der Waals surface area (Å²) in [5.74, 6) is -0.493. The summed E-state index contributed by atoms with van der Waals surface area (Å²) in [4.78, 5) is 0. The fraction of sp³-hybridized carbons (Fsp3) is 0.600. The van der Waals surface area contributed by atoms with Gasteiger partial charge in [0, 0.05) is 11.6 Å². The molecule has 2 rings (SSSR count). The maximum Gasteiger partial charge on any atom is 0.143 e. The van der Waals surface area contributed by atoms with Crippen LogP contribution in [-0.2, 0) is 6.42 Å². The van der Waals surface area contributed by atoms with Crippen LogP contribution in [0, 0.1) is 17.6 Å². The lowest BCUT2D eigenvalue weighted by Gasteiger charge is -2.30. The Labute approximate surface area is 121 Å². The first kappa shape index (κ1) is 14.9. The Kier molecular flexibility index (Phi) is 5.34. The van der Waals surface area contributed by atoms with Crippen molar-refractivity contribution in [3.8, 4) is 0 Å². The Hall–Kier alpha value is -0.480. The minimum atomic E-state index is -0.439. The first-order chi connectivity index (χ1) is 9.11. The molecule has 2 atom stereocenters. The van der Waals surface area contributed by atoms with E-state index in [-0.39, 0.29) is 5.56 Å². The Morgan fingerprint density at radius 1 is 1.32 bits per heavy atom. The third-order valence-electron chi connectivity index (χ3n) is 3.91. The smallest absolute Gasteiger partial charge is 0.143 e. The van der Waals surface area contributed by atoms with Crippen LogP contribution in [0.4, 0.5) is 8.78 Å². The molecule has 1 nitrogen and oxygen atoms in total. The Morgan fingerprint density at radius 3 is 2.84 bits per heavy atom. The number of hydrogen-bond donors (Lipinski definition) is 1. The minimum absolute atomic E-state index is 0.233. The number of nitrogens with one attached hydrogen (secondary N) is 1. The van der Waals surface area contributed by atoms with Gasteiger partial charge in [-0.2, -0.15) is 0 Å². The molecule has 2 unspecified atom stereocenters. The van der Waals surface area contributed by atoms with Gasteiger partial charge in [-0.25, -0.2) is 8.78 Å². The topological polar surface area (TPSA) is 12.0 Å². The van der Waals surface area contributed by atoms with Crippen LogP contribution in [0.1, 0.15) is 38.2 Å². The van der Waals surface area contributed by atoms with Crippen molar-refractivity contribution in [1.29, 1.82) is 0 Å². The molecule has 1 aromatic rings. The molecule has 1 aliphatic rings. The quantitative estimate of drug-likeness (QED) is 0.804. The number of benzene rings is 1. The van der Waals surface area contributed by atoms with Gasteiger partial charge in [-0.3, -0.25) is 0 Å². The zero-order valence-corrected chi connectivity index (χ0v) is 12.8. The minimum Gasteiger partial charge on any atom is -0.314 e. The third kappa shape index (κ3) is 3.76. The molecule has 0 aliphatic heterocycles. The Balaban J connectivity index is 2.06. The van der Waals surface area contributed by atoms with Crippen LogP contribution in [0.25, 0.3) is 0 Å². The lowest BCUT2D eigenvalue weighted by atomic mass is 9.82. The molecule has 0 spiro atoms. The molecule has 1 saturated carbocycles. The van der Waals surface area contributed by atoms with E-state index in [1.165, 1.54) is 18.6 Å². The highest BCUT2D eigenvalue weighted by Gasteiger charge is 2.24. The monoisotopic (exact) mass is 331 g/mol. The van der Waals surface area contributed by atoms with Gasteiger partial charge in [0.25, 0.3) is 0 Å². The Bertz CT molecular complexity index is 434. The number of hydrogen-bond acceptors (Lipinski definition) is 1. The van der Waals surface area contributed by atoms with E-state index >= 15 is 0 Å². The summed E-state index contributed by atoms with van der Waals surface area (Å²) >= 11 is 3.13. The van der Waals surface area contributed by atoms with Gasteiger partial charge in [0.2, 0.25) is 0 Å². The van der Waals surface area contributed by atoms with Gasteiger partial charge in [-0.1, -0.05) is 19.8 Å². The van der Waals surface area contributed by atoms with E-state index in [9.17, 15) is 8.78 Å². The molecule has 106 valence electrons. The van der Waals surface area contributed by atoms with E-state index < -0.39 is 11.6 Å². The predicted molar refractivity (Wildman–Crippen MR) is 77.2 cm³/mol. The average molecular weight is 332 g/mol. The largest absolute Gasteiger partial charge is 0.314 e. The maximum absolute atomic E-state index is 14.0. The molecule has 4 heteroatoms. The van der Waals surface area contributed by atoms with Crippen LogP contribution < -0.4 is 5.32 Å². The molecule has 0 heterocycles. The van der Waals surface area contributed by atoms with Crippen LogP contribution >= 0.6 is 15.9 Å². The van der Waals surface area contributed by atoms with Crippen molar-refractivity contribution in [1.82, 2.24) is 5.32 Å². The van der Waals surface area contributed by atoms with Gasteiger partial charge < -0.3 is 5.32 Å². The van der Waals surface area contributed by atoms with Crippen LogP contribution in [0.2, 0.25) is 0 Å². The van der Waals surface area contributed by atoms with E-state index in [0.29, 0.717) is 22.9 Å². The van der Waals surface area contributed by atoms with Crippen molar-refractivity contribution in [2.45, 2.75) is 45.1 Å². The van der Waals surface area contributed by atoms with E-state index in [1.807, 2.05) is 0 Å². The summed E-state index contributed by atoms with van der Waals surface area (Å²) in [7, 11) is 0. The second-order valence-corrected chi connectivity index (χ2v) is 6.17. The van der Waals surface area contributed by atoms with Crippen molar-refractivity contribution >= 4 is 15.9 Å². The van der Waals surface area contributed by atoms with E-state index in [2.05, 4.69) is 28.2 Å². The van der Waals surface area contributed by atoms with Crippen LogP contribution in [0.5, 0.6) is 0 Å². The first-order valence-electron chi connectivity index (χ1n) is 6.97. The Morgan fingerprint density at radius 2 is 2.11 bits per heavy atom. The summed E-state index contributed by atoms with van der Waals surface area (Å²) < 4.78 is 28.1. The standard InChI is InChI=1S/C15H20BrF2N/c1-2-19-11-5-3-4-10(8-11)9-12-14(17)7-6-13(16)15(12)18/h6-7,10-11,19H,2-5,8-9H2,1H3. The summed E-state index contributed by atoms with van der Waals surface area (Å²) in [6.07, 6.45) is 4.89. The van der Waals surface area contributed by atoms with Crippen LogP contribution in [0.3, 0.4) is 0 Å². The van der Waals surface area contributed by atoms with Crippen molar-refractivity contribution < 1.29 is 8.78 Å². The van der Waals surface area contributed by atoms with Gasteiger partial charge in [-0.05, 0) is 59.8 Å². The van der Waals surface area contributed by atoms with E-state index in [1.54, 1.807) is 0 Å². The van der Waals surface area contributed by atoms with Crippen LogP contribution in [-0.4, -0.2) is 12.6 Å². The molecule has 1 aromatic carbocycles. The first-order valence-corrected chi connectivity index (χ1v) is 7.76.